The predicted molar refractivity (Wildman–Crippen MR) is 92.6 cm³/mol. The molecule has 0 saturated heterocycles. The Morgan fingerprint density at radius 2 is 2.00 bits per heavy atom. The van der Waals surface area contributed by atoms with Gasteiger partial charge in [-0.1, -0.05) is 34.5 Å². The Balaban J connectivity index is 1.46. The molecular formula is C17H24BrNS. The quantitative estimate of drug-likeness (QED) is 0.820. The van der Waals surface area contributed by atoms with Crippen LogP contribution < -0.4 is 5.32 Å². The molecule has 0 bridgehead atoms. The first-order chi connectivity index (χ1) is 9.74. The van der Waals surface area contributed by atoms with E-state index in [2.05, 4.69) is 63.5 Å². The minimum absolute atomic E-state index is 0.754. The number of halogens is 1. The summed E-state index contributed by atoms with van der Waals surface area (Å²) in [5, 5.41) is 4.80. The maximum absolute atomic E-state index is 3.91. The van der Waals surface area contributed by atoms with Crippen LogP contribution >= 0.6 is 27.7 Å². The zero-order chi connectivity index (χ0) is 13.9. The molecule has 2 atom stereocenters. The van der Waals surface area contributed by atoms with Crippen LogP contribution in [0.2, 0.25) is 0 Å². The van der Waals surface area contributed by atoms with Crippen LogP contribution in [0.3, 0.4) is 0 Å². The lowest BCUT2D eigenvalue weighted by atomic mass is 9.75. The maximum atomic E-state index is 3.91. The van der Waals surface area contributed by atoms with Gasteiger partial charge in [-0.05, 0) is 62.0 Å². The van der Waals surface area contributed by atoms with Crippen LogP contribution in [0.4, 0.5) is 0 Å². The van der Waals surface area contributed by atoms with Crippen LogP contribution in [-0.4, -0.2) is 23.6 Å². The standard InChI is InChI=1S/C17H24BrNS/c1-20-17-7-3-6-15(11-17)19-16-9-13(10-16)12-4-2-5-14(18)8-12/h2,4-5,8,13,15-17,19H,3,6-7,9-11H2,1H3. The summed E-state index contributed by atoms with van der Waals surface area (Å²) in [5.74, 6) is 0.768. The van der Waals surface area contributed by atoms with Gasteiger partial charge in [0, 0.05) is 21.8 Å². The van der Waals surface area contributed by atoms with Crippen molar-refractivity contribution in [3.63, 3.8) is 0 Å². The van der Waals surface area contributed by atoms with Crippen LogP contribution in [0.1, 0.15) is 50.0 Å². The van der Waals surface area contributed by atoms with E-state index in [1.54, 1.807) is 0 Å². The fourth-order valence-corrected chi connectivity index (χ4v) is 4.87. The number of nitrogens with one attached hydrogen (secondary N) is 1. The van der Waals surface area contributed by atoms with Crippen molar-refractivity contribution >= 4 is 27.7 Å². The molecule has 1 aromatic carbocycles. The number of hydrogen-bond acceptors (Lipinski definition) is 2. The normalized spacial score (nSPS) is 33.7. The molecule has 1 N–H and O–H groups in total. The van der Waals surface area contributed by atoms with Crippen molar-refractivity contribution in [3.8, 4) is 0 Å². The van der Waals surface area contributed by atoms with E-state index in [-0.39, 0.29) is 0 Å². The third kappa shape index (κ3) is 3.61. The summed E-state index contributed by atoms with van der Waals surface area (Å²) >= 11 is 5.63. The molecule has 1 nitrogen and oxygen atoms in total. The minimum Gasteiger partial charge on any atom is -0.311 e. The highest BCUT2D eigenvalue weighted by atomic mass is 79.9. The van der Waals surface area contributed by atoms with Gasteiger partial charge in [-0.15, -0.1) is 0 Å². The maximum Gasteiger partial charge on any atom is 0.0178 e. The molecule has 0 aliphatic heterocycles. The van der Waals surface area contributed by atoms with Crippen molar-refractivity contribution < 1.29 is 0 Å². The molecule has 110 valence electrons. The molecule has 2 saturated carbocycles. The second kappa shape index (κ2) is 6.85. The fourth-order valence-electron chi connectivity index (χ4n) is 3.63. The van der Waals surface area contributed by atoms with Gasteiger partial charge in [-0.2, -0.15) is 11.8 Å². The molecule has 0 heterocycles. The summed E-state index contributed by atoms with van der Waals surface area (Å²) in [6.45, 7) is 0. The van der Waals surface area contributed by atoms with E-state index >= 15 is 0 Å². The molecule has 20 heavy (non-hydrogen) atoms. The number of thioether (sulfide) groups is 1. The zero-order valence-corrected chi connectivity index (χ0v) is 14.6. The average molecular weight is 354 g/mol. The largest absolute Gasteiger partial charge is 0.311 e. The highest BCUT2D eigenvalue weighted by Crippen LogP contribution is 2.38. The molecule has 0 amide bonds. The monoisotopic (exact) mass is 353 g/mol. The summed E-state index contributed by atoms with van der Waals surface area (Å²) in [7, 11) is 0. The van der Waals surface area contributed by atoms with E-state index in [0.29, 0.717) is 0 Å². The predicted octanol–water partition coefficient (Wildman–Crippen LogP) is 4.96. The summed E-state index contributed by atoms with van der Waals surface area (Å²) in [5.41, 5.74) is 1.50. The van der Waals surface area contributed by atoms with Crippen LogP contribution in [-0.2, 0) is 0 Å². The van der Waals surface area contributed by atoms with Gasteiger partial charge in [0.05, 0.1) is 0 Å². The molecule has 2 aliphatic rings. The smallest absolute Gasteiger partial charge is 0.0178 e. The summed E-state index contributed by atoms with van der Waals surface area (Å²) in [6, 6.07) is 10.4. The van der Waals surface area contributed by atoms with Gasteiger partial charge in [-0.25, -0.2) is 0 Å². The molecule has 1 aromatic rings. The Morgan fingerprint density at radius 3 is 2.75 bits per heavy atom. The lowest BCUT2D eigenvalue weighted by Crippen LogP contribution is -2.47. The highest BCUT2D eigenvalue weighted by Gasteiger charge is 2.32. The molecule has 3 heteroatoms. The Kier molecular flexibility index (Phi) is 5.11. The third-order valence-electron chi connectivity index (χ3n) is 4.89. The van der Waals surface area contributed by atoms with Crippen molar-refractivity contribution in [1.82, 2.24) is 5.32 Å². The molecule has 2 aliphatic carbocycles. The van der Waals surface area contributed by atoms with Gasteiger partial charge in [0.25, 0.3) is 0 Å². The first-order valence-corrected chi connectivity index (χ1v) is 9.87. The molecule has 0 spiro atoms. The van der Waals surface area contributed by atoms with Gasteiger partial charge in [0.1, 0.15) is 0 Å². The number of rotatable bonds is 4. The fraction of sp³-hybridized carbons (Fsp3) is 0.647. The third-order valence-corrected chi connectivity index (χ3v) is 6.48. The molecule has 0 aromatic heterocycles. The topological polar surface area (TPSA) is 12.0 Å². The minimum atomic E-state index is 0.754. The highest BCUT2D eigenvalue weighted by molar-refractivity contribution is 9.10. The van der Waals surface area contributed by atoms with Crippen LogP contribution in [0.5, 0.6) is 0 Å². The lowest BCUT2D eigenvalue weighted by molar-refractivity contribution is 0.240. The first-order valence-electron chi connectivity index (χ1n) is 7.79. The number of benzene rings is 1. The van der Waals surface area contributed by atoms with Crippen molar-refractivity contribution in [2.45, 2.75) is 61.8 Å². The van der Waals surface area contributed by atoms with Crippen molar-refractivity contribution in [1.29, 1.82) is 0 Å². The molecule has 2 unspecified atom stereocenters. The Bertz CT molecular complexity index is 444. The Labute approximate surface area is 135 Å². The molecule has 2 fully saturated rings. The van der Waals surface area contributed by atoms with Crippen LogP contribution in [0.25, 0.3) is 0 Å². The molecule has 3 rings (SSSR count). The second-order valence-electron chi connectivity index (χ2n) is 6.31. The van der Waals surface area contributed by atoms with Crippen molar-refractivity contribution in [3.05, 3.63) is 34.3 Å². The summed E-state index contributed by atoms with van der Waals surface area (Å²) in [6.07, 6.45) is 10.5. The van der Waals surface area contributed by atoms with Gasteiger partial charge in [-0.3, -0.25) is 0 Å². The van der Waals surface area contributed by atoms with Crippen LogP contribution in [0.15, 0.2) is 28.7 Å². The Hall–Kier alpha value is 0.01000. The summed E-state index contributed by atoms with van der Waals surface area (Å²) in [4.78, 5) is 0. The van der Waals surface area contributed by atoms with E-state index < -0.39 is 0 Å². The lowest BCUT2D eigenvalue weighted by Gasteiger charge is -2.40. The molecule has 0 radical (unpaired) electrons. The van der Waals surface area contributed by atoms with Crippen molar-refractivity contribution in [2.75, 3.05) is 6.26 Å². The van der Waals surface area contributed by atoms with E-state index in [1.165, 1.54) is 48.6 Å². The van der Waals surface area contributed by atoms with Gasteiger partial charge >= 0.3 is 0 Å². The zero-order valence-electron chi connectivity index (χ0n) is 12.1. The SMILES string of the molecule is CSC1CCCC(NC2CC(c3cccc(Br)c3)C2)C1. The first kappa shape index (κ1) is 14.9. The van der Waals surface area contributed by atoms with E-state index in [9.17, 15) is 0 Å². The summed E-state index contributed by atoms with van der Waals surface area (Å²) < 4.78 is 1.21. The molecular weight excluding hydrogens is 330 g/mol. The second-order valence-corrected chi connectivity index (χ2v) is 8.36. The van der Waals surface area contributed by atoms with Crippen LogP contribution in [0, 0.1) is 0 Å². The van der Waals surface area contributed by atoms with Gasteiger partial charge < -0.3 is 5.32 Å². The van der Waals surface area contributed by atoms with Gasteiger partial charge in [0.2, 0.25) is 0 Å². The van der Waals surface area contributed by atoms with E-state index in [0.717, 1.165) is 23.3 Å². The Morgan fingerprint density at radius 1 is 1.15 bits per heavy atom. The average Bonchev–Trinajstić information content (AvgIpc) is 2.42. The van der Waals surface area contributed by atoms with Crippen molar-refractivity contribution in [2.24, 2.45) is 0 Å². The van der Waals surface area contributed by atoms with E-state index in [4.69, 9.17) is 0 Å². The number of hydrogen-bond donors (Lipinski definition) is 1. The van der Waals surface area contributed by atoms with E-state index in [1.807, 2.05) is 0 Å². The van der Waals surface area contributed by atoms with Gasteiger partial charge in [0.15, 0.2) is 0 Å².